The van der Waals surface area contributed by atoms with Crippen LogP contribution in [0.4, 0.5) is 5.00 Å². The second kappa shape index (κ2) is 11.2. The van der Waals surface area contributed by atoms with Crippen LogP contribution in [0.15, 0.2) is 46.8 Å². The molecule has 0 saturated carbocycles. The van der Waals surface area contributed by atoms with Gasteiger partial charge < -0.3 is 15.5 Å². The summed E-state index contributed by atoms with van der Waals surface area (Å²) >= 11 is 1.83. The number of hydrogen-bond acceptors (Lipinski definition) is 4. The largest absolute Gasteiger partial charge is 0.363 e. The van der Waals surface area contributed by atoms with E-state index in [0.717, 1.165) is 58.1 Å². The van der Waals surface area contributed by atoms with Gasteiger partial charge in [-0.2, -0.15) is 0 Å². The van der Waals surface area contributed by atoms with Crippen LogP contribution in [0.3, 0.4) is 0 Å². The molecule has 0 atom stereocenters. The van der Waals surface area contributed by atoms with Crippen LogP contribution in [0.25, 0.3) is 0 Å². The van der Waals surface area contributed by atoms with Gasteiger partial charge in [-0.3, -0.25) is 9.89 Å². The number of nitrogens with zero attached hydrogens (tertiary/aromatic N) is 3. The van der Waals surface area contributed by atoms with E-state index in [0.29, 0.717) is 6.04 Å². The van der Waals surface area contributed by atoms with Gasteiger partial charge in [0.25, 0.3) is 0 Å². The van der Waals surface area contributed by atoms with E-state index in [-0.39, 0.29) is 0 Å². The highest BCUT2D eigenvalue weighted by molar-refractivity contribution is 7.14. The van der Waals surface area contributed by atoms with Gasteiger partial charge in [-0.1, -0.05) is 38.1 Å². The first-order valence-electron chi connectivity index (χ1n) is 10.8. The second-order valence-electron chi connectivity index (χ2n) is 7.56. The molecule has 1 aliphatic heterocycles. The van der Waals surface area contributed by atoms with Gasteiger partial charge >= 0.3 is 0 Å². The van der Waals surface area contributed by atoms with Crippen LogP contribution in [0, 0.1) is 0 Å². The summed E-state index contributed by atoms with van der Waals surface area (Å²) in [4.78, 5) is 9.34. The Morgan fingerprint density at radius 3 is 2.38 bits per heavy atom. The van der Waals surface area contributed by atoms with E-state index in [9.17, 15) is 0 Å². The molecule has 2 N–H and O–H groups in total. The van der Waals surface area contributed by atoms with Crippen molar-refractivity contribution in [2.45, 2.75) is 45.8 Å². The lowest BCUT2D eigenvalue weighted by molar-refractivity contribution is 0.296. The first-order chi connectivity index (χ1) is 14.2. The van der Waals surface area contributed by atoms with E-state index in [1.165, 1.54) is 16.1 Å². The number of hydrogen-bond donors (Lipinski definition) is 2. The summed E-state index contributed by atoms with van der Waals surface area (Å²) in [6.45, 7) is 10.6. The van der Waals surface area contributed by atoms with Gasteiger partial charge in [0.2, 0.25) is 0 Å². The molecule has 1 fully saturated rings. The van der Waals surface area contributed by atoms with Crippen molar-refractivity contribution >= 4 is 22.3 Å². The van der Waals surface area contributed by atoms with Gasteiger partial charge in [-0.15, -0.1) is 11.3 Å². The van der Waals surface area contributed by atoms with Crippen LogP contribution in [0.2, 0.25) is 0 Å². The zero-order valence-electron chi connectivity index (χ0n) is 18.0. The van der Waals surface area contributed by atoms with Crippen LogP contribution >= 0.6 is 11.3 Å². The maximum absolute atomic E-state index is 4.42. The van der Waals surface area contributed by atoms with Gasteiger partial charge in [0.05, 0.1) is 5.00 Å². The zero-order valence-corrected chi connectivity index (χ0v) is 18.8. The van der Waals surface area contributed by atoms with Crippen LogP contribution in [0.5, 0.6) is 0 Å². The second-order valence-corrected chi connectivity index (χ2v) is 8.49. The fourth-order valence-corrected chi connectivity index (χ4v) is 4.52. The molecule has 0 amide bonds. The Labute approximate surface area is 179 Å². The van der Waals surface area contributed by atoms with Crippen molar-refractivity contribution in [3.05, 3.63) is 52.9 Å². The van der Waals surface area contributed by atoms with Crippen LogP contribution in [-0.4, -0.2) is 50.1 Å². The van der Waals surface area contributed by atoms with Gasteiger partial charge in [0.1, 0.15) is 0 Å². The molecule has 1 saturated heterocycles. The Morgan fingerprint density at radius 1 is 1.10 bits per heavy atom. The molecule has 5 nitrogen and oxygen atoms in total. The molecule has 3 rings (SSSR count). The number of rotatable bonds is 8. The lowest BCUT2D eigenvalue weighted by Crippen LogP contribution is -2.48. The molecule has 2 heterocycles. The number of nitrogens with one attached hydrogen (secondary N) is 2. The minimum Gasteiger partial charge on any atom is -0.363 e. The fraction of sp³-hybridized carbons (Fsp3) is 0.522. The Morgan fingerprint density at radius 2 is 1.79 bits per heavy atom. The van der Waals surface area contributed by atoms with Crippen molar-refractivity contribution in [2.75, 3.05) is 38.1 Å². The van der Waals surface area contributed by atoms with Crippen molar-refractivity contribution in [1.82, 2.24) is 15.5 Å². The summed E-state index contributed by atoms with van der Waals surface area (Å²) < 4.78 is 0. The number of benzene rings is 1. The topological polar surface area (TPSA) is 42.9 Å². The van der Waals surface area contributed by atoms with Gasteiger partial charge in [0, 0.05) is 39.3 Å². The lowest BCUT2D eigenvalue weighted by atomic mass is 10.1. The highest BCUT2D eigenvalue weighted by Crippen LogP contribution is 2.24. The third kappa shape index (κ3) is 6.47. The van der Waals surface area contributed by atoms with Crippen molar-refractivity contribution < 1.29 is 0 Å². The highest BCUT2D eigenvalue weighted by Gasteiger charge is 2.20. The lowest BCUT2D eigenvalue weighted by Gasteiger charge is -2.33. The van der Waals surface area contributed by atoms with Gasteiger partial charge in [-0.05, 0) is 54.6 Å². The highest BCUT2D eigenvalue weighted by atomic mass is 32.1. The molecule has 1 aromatic carbocycles. The normalized spacial score (nSPS) is 15.7. The Bertz CT molecular complexity index is 729. The van der Waals surface area contributed by atoms with Gasteiger partial charge in [-0.25, -0.2) is 0 Å². The van der Waals surface area contributed by atoms with E-state index in [2.05, 4.69) is 81.1 Å². The molecule has 0 radical (unpaired) electrons. The molecule has 0 aliphatic carbocycles. The summed E-state index contributed by atoms with van der Waals surface area (Å²) in [5.74, 6) is 0.895. The van der Waals surface area contributed by atoms with Crippen molar-refractivity contribution in [1.29, 1.82) is 0 Å². The quantitative estimate of drug-likeness (QED) is 0.508. The van der Waals surface area contributed by atoms with E-state index in [4.69, 9.17) is 0 Å². The van der Waals surface area contributed by atoms with E-state index < -0.39 is 0 Å². The molecule has 29 heavy (non-hydrogen) atoms. The number of aliphatic imine (C=N–C) groups is 1. The van der Waals surface area contributed by atoms with Crippen LogP contribution in [0.1, 0.15) is 37.8 Å². The first-order valence-corrected chi connectivity index (χ1v) is 11.7. The van der Waals surface area contributed by atoms with E-state index >= 15 is 0 Å². The number of piperidine rings is 1. The summed E-state index contributed by atoms with van der Waals surface area (Å²) in [6, 6.07) is 13.8. The molecular formula is C23H35N5S. The number of guanidine groups is 1. The average Bonchev–Trinajstić information content (AvgIpc) is 3.31. The maximum Gasteiger partial charge on any atom is 0.191 e. The molecule has 0 bridgehead atoms. The predicted octanol–water partition coefficient (Wildman–Crippen LogP) is 3.92. The molecule has 1 aliphatic rings. The van der Waals surface area contributed by atoms with Crippen molar-refractivity contribution in [3.8, 4) is 0 Å². The van der Waals surface area contributed by atoms with Gasteiger partial charge in [0.15, 0.2) is 5.96 Å². The SMILES string of the molecule is CCN(CC)Cc1ccc(CNC(=NC)NC2CCN(c3cccs3)CC2)cc1. The van der Waals surface area contributed by atoms with E-state index in [1.54, 1.807) is 0 Å². The number of anilines is 1. The minimum absolute atomic E-state index is 0.480. The maximum atomic E-state index is 4.42. The standard InChI is InChI=1S/C23H35N5S/c1-4-27(5-2)18-20-10-8-19(9-11-20)17-25-23(24-3)26-21-12-14-28(15-13-21)22-7-6-16-29-22/h6-11,16,21H,4-5,12-15,17-18H2,1-3H3,(H2,24,25,26). The fourth-order valence-electron chi connectivity index (χ4n) is 3.74. The minimum atomic E-state index is 0.480. The van der Waals surface area contributed by atoms with Crippen molar-refractivity contribution in [2.24, 2.45) is 4.99 Å². The summed E-state index contributed by atoms with van der Waals surface area (Å²) in [5, 5.41) is 10.6. The van der Waals surface area contributed by atoms with Crippen LogP contribution < -0.4 is 15.5 Å². The summed E-state index contributed by atoms with van der Waals surface area (Å²) in [6.07, 6.45) is 2.28. The molecule has 2 aromatic rings. The van der Waals surface area contributed by atoms with E-state index in [1.807, 2.05) is 18.4 Å². The predicted molar refractivity (Wildman–Crippen MR) is 126 cm³/mol. The molecular weight excluding hydrogens is 378 g/mol. The molecule has 0 spiro atoms. The summed E-state index contributed by atoms with van der Waals surface area (Å²) in [5.41, 5.74) is 2.65. The molecule has 6 heteroatoms. The average molecular weight is 414 g/mol. The first kappa shape index (κ1) is 21.7. The van der Waals surface area contributed by atoms with Crippen LogP contribution in [-0.2, 0) is 13.1 Å². The number of thiophene rings is 1. The Kier molecular flexibility index (Phi) is 8.38. The summed E-state index contributed by atoms with van der Waals surface area (Å²) in [7, 11) is 1.85. The monoisotopic (exact) mass is 413 g/mol. The molecule has 158 valence electrons. The Hall–Kier alpha value is -2.05. The molecule has 0 unspecified atom stereocenters. The molecule has 1 aromatic heterocycles. The smallest absolute Gasteiger partial charge is 0.191 e. The zero-order chi connectivity index (χ0) is 20.5. The third-order valence-electron chi connectivity index (χ3n) is 5.66. The third-order valence-corrected chi connectivity index (χ3v) is 6.59. The Balaban J connectivity index is 1.42. The van der Waals surface area contributed by atoms with Crippen molar-refractivity contribution in [3.63, 3.8) is 0 Å².